The van der Waals surface area contributed by atoms with Gasteiger partial charge < -0.3 is 33.8 Å². The van der Waals surface area contributed by atoms with Crippen molar-refractivity contribution in [2.75, 3.05) is 39.6 Å². The average Bonchev–Trinajstić information content (AvgIpc) is 1.09. The van der Waals surface area contributed by atoms with Gasteiger partial charge in [-0.2, -0.15) is 0 Å². The molecule has 0 radical (unpaired) electrons. The largest absolute Gasteiger partial charge is 0.472 e. The number of esters is 4. The molecule has 0 amide bonds. The van der Waals surface area contributed by atoms with Gasteiger partial charge in [0.25, 0.3) is 0 Å². The SMILES string of the molecule is CCCCCCCCCCCCCCCCCCC(=O)OC[C@H](COP(=O)(O)OC[C@@H](O)COP(=O)(O)OC[C@@H](COC(=O)CCCCCCCCC(C)CC)OC(=O)CCCCCCCCCCCCCC(C)C)OC(=O)CCCCCCCCCCCCCCCCC(C)CC. The lowest BCUT2D eigenvalue weighted by atomic mass is 9.99. The predicted octanol–water partition coefficient (Wildman–Crippen LogP) is 23.4. The first-order chi connectivity index (χ1) is 47.3. The molecule has 0 aromatic heterocycles. The van der Waals surface area contributed by atoms with E-state index in [1.54, 1.807) is 0 Å². The van der Waals surface area contributed by atoms with Crippen LogP contribution in [0.1, 0.15) is 408 Å². The summed E-state index contributed by atoms with van der Waals surface area (Å²) in [6, 6.07) is 0. The van der Waals surface area contributed by atoms with E-state index in [-0.39, 0.29) is 25.7 Å². The third-order valence-electron chi connectivity index (χ3n) is 19.1. The van der Waals surface area contributed by atoms with Crippen molar-refractivity contribution in [3.8, 4) is 0 Å². The fourth-order valence-electron chi connectivity index (χ4n) is 12.1. The Labute approximate surface area is 600 Å². The second-order valence-corrected chi connectivity index (χ2v) is 32.3. The molecule has 0 saturated heterocycles. The molecule has 0 saturated carbocycles. The number of aliphatic hydroxyl groups excluding tert-OH is 1. The molecule has 0 bridgehead atoms. The van der Waals surface area contributed by atoms with E-state index in [0.717, 1.165) is 114 Å². The number of ether oxygens (including phenoxy) is 4. The summed E-state index contributed by atoms with van der Waals surface area (Å²) in [4.78, 5) is 73.0. The lowest BCUT2D eigenvalue weighted by Gasteiger charge is -2.21. The molecule has 0 fully saturated rings. The summed E-state index contributed by atoms with van der Waals surface area (Å²) in [5, 5.41) is 10.6. The smallest absolute Gasteiger partial charge is 0.462 e. The summed E-state index contributed by atoms with van der Waals surface area (Å²) in [5.41, 5.74) is 0. The van der Waals surface area contributed by atoms with Gasteiger partial charge in [-0.1, -0.05) is 357 Å². The maximum absolute atomic E-state index is 13.1. The molecule has 4 unspecified atom stereocenters. The van der Waals surface area contributed by atoms with Crippen LogP contribution in [0.5, 0.6) is 0 Å². The Bertz CT molecular complexity index is 1910. The minimum atomic E-state index is -4.96. The van der Waals surface area contributed by atoms with Crippen LogP contribution < -0.4 is 0 Å². The number of rotatable bonds is 77. The Balaban J connectivity index is 5.26. The molecule has 0 aliphatic carbocycles. The molecular formula is C79H154O17P2. The molecule has 0 rings (SSSR count). The zero-order valence-electron chi connectivity index (χ0n) is 64.3. The van der Waals surface area contributed by atoms with E-state index in [1.165, 1.54) is 212 Å². The molecule has 7 atom stereocenters. The van der Waals surface area contributed by atoms with Crippen LogP contribution in [0.4, 0.5) is 0 Å². The first-order valence-corrected chi connectivity index (χ1v) is 43.9. The summed E-state index contributed by atoms with van der Waals surface area (Å²) in [6.45, 7) is 11.9. The lowest BCUT2D eigenvalue weighted by molar-refractivity contribution is -0.161. The summed E-state index contributed by atoms with van der Waals surface area (Å²) in [5.74, 6) is 0.228. The highest BCUT2D eigenvalue weighted by Crippen LogP contribution is 2.45. The molecule has 3 N–H and O–H groups in total. The standard InChI is InChI=1S/C79H154O17P2/c1-8-11-12-13-14-15-16-17-18-19-23-28-33-38-46-53-60-76(81)89-66-74(95-78(83)62-55-48-39-34-29-24-21-20-22-27-32-37-44-51-58-71(6)9-2)68-93-97(85,86)91-64-73(80)65-92-98(87,88)94-69-75(67-90-77(82)61-54-47-42-41-45-52-59-72(7)10-3)96-79(84)63-56-49-40-35-30-25-26-31-36-43-50-57-70(4)5/h70-75,80H,8-69H2,1-7H3,(H,85,86)(H,87,88)/t71?,72?,73-,74-,75-/m1/s1. The van der Waals surface area contributed by atoms with Crippen LogP contribution >= 0.6 is 15.6 Å². The van der Waals surface area contributed by atoms with Gasteiger partial charge in [-0.3, -0.25) is 37.3 Å². The van der Waals surface area contributed by atoms with Gasteiger partial charge in [0.15, 0.2) is 12.2 Å². The second kappa shape index (κ2) is 69.4. The van der Waals surface area contributed by atoms with Gasteiger partial charge >= 0.3 is 39.5 Å². The van der Waals surface area contributed by atoms with Crippen molar-refractivity contribution >= 4 is 39.5 Å². The first kappa shape index (κ1) is 96.1. The van der Waals surface area contributed by atoms with Gasteiger partial charge in [0, 0.05) is 25.7 Å². The number of phosphoric acid groups is 2. The predicted molar refractivity (Wildman–Crippen MR) is 400 cm³/mol. The van der Waals surface area contributed by atoms with Crippen LogP contribution in [-0.4, -0.2) is 96.7 Å². The Morgan fingerprint density at radius 3 is 0.776 bits per heavy atom. The van der Waals surface area contributed by atoms with Crippen molar-refractivity contribution in [1.29, 1.82) is 0 Å². The molecular weight excluding hydrogens is 1280 g/mol. The van der Waals surface area contributed by atoms with E-state index in [2.05, 4.69) is 48.5 Å². The quantitative estimate of drug-likeness (QED) is 0.0222. The van der Waals surface area contributed by atoms with E-state index in [0.29, 0.717) is 25.7 Å². The molecule has 0 aromatic carbocycles. The van der Waals surface area contributed by atoms with E-state index in [1.807, 2.05) is 0 Å². The summed E-state index contributed by atoms with van der Waals surface area (Å²) >= 11 is 0. The molecule has 0 spiro atoms. The highest BCUT2D eigenvalue weighted by molar-refractivity contribution is 7.47. The number of unbranched alkanes of at least 4 members (excludes halogenated alkanes) is 43. The third-order valence-corrected chi connectivity index (χ3v) is 21.0. The number of carbonyl (C=O) groups excluding carboxylic acids is 4. The van der Waals surface area contributed by atoms with Crippen molar-refractivity contribution in [2.24, 2.45) is 17.8 Å². The fourth-order valence-corrected chi connectivity index (χ4v) is 13.6. The van der Waals surface area contributed by atoms with Crippen LogP contribution in [0.15, 0.2) is 0 Å². The second-order valence-electron chi connectivity index (χ2n) is 29.4. The van der Waals surface area contributed by atoms with Crippen molar-refractivity contribution < 1.29 is 80.2 Å². The molecule has 98 heavy (non-hydrogen) atoms. The van der Waals surface area contributed by atoms with E-state index in [4.69, 9.17) is 37.0 Å². The Hall–Kier alpha value is -1.94. The molecule has 0 heterocycles. The normalized spacial score (nSPS) is 14.6. The summed E-state index contributed by atoms with van der Waals surface area (Å²) in [7, 11) is -9.92. The van der Waals surface area contributed by atoms with Crippen molar-refractivity contribution in [2.45, 2.75) is 426 Å². The summed E-state index contributed by atoms with van der Waals surface area (Å²) in [6.07, 6.45) is 56.8. The molecule has 19 heteroatoms. The first-order valence-electron chi connectivity index (χ1n) is 40.9. The van der Waals surface area contributed by atoms with Crippen molar-refractivity contribution in [1.82, 2.24) is 0 Å². The number of hydrogen-bond acceptors (Lipinski definition) is 15. The zero-order valence-corrected chi connectivity index (χ0v) is 66.0. The van der Waals surface area contributed by atoms with Gasteiger partial charge in [0.1, 0.15) is 19.3 Å². The van der Waals surface area contributed by atoms with E-state index in [9.17, 15) is 43.2 Å². The van der Waals surface area contributed by atoms with E-state index >= 15 is 0 Å². The van der Waals surface area contributed by atoms with Crippen molar-refractivity contribution in [3.05, 3.63) is 0 Å². The minimum absolute atomic E-state index is 0.106. The Morgan fingerprint density at radius 1 is 0.296 bits per heavy atom. The highest BCUT2D eigenvalue weighted by Gasteiger charge is 2.30. The summed E-state index contributed by atoms with van der Waals surface area (Å²) < 4.78 is 68.7. The van der Waals surface area contributed by atoms with Gasteiger partial charge in [-0.25, -0.2) is 9.13 Å². The number of aliphatic hydroxyl groups is 1. The number of carbonyl (C=O) groups is 4. The molecule has 0 aromatic rings. The fraction of sp³-hybridized carbons (Fsp3) is 0.949. The van der Waals surface area contributed by atoms with Crippen LogP contribution in [0.3, 0.4) is 0 Å². The monoisotopic (exact) mass is 1440 g/mol. The maximum atomic E-state index is 13.1. The number of hydrogen-bond donors (Lipinski definition) is 3. The third kappa shape index (κ3) is 69.8. The number of phosphoric ester groups is 2. The van der Waals surface area contributed by atoms with Crippen LogP contribution in [0.25, 0.3) is 0 Å². The molecule has 17 nitrogen and oxygen atoms in total. The van der Waals surface area contributed by atoms with Crippen molar-refractivity contribution in [3.63, 3.8) is 0 Å². The average molecular weight is 1440 g/mol. The zero-order chi connectivity index (χ0) is 72.3. The maximum Gasteiger partial charge on any atom is 0.472 e. The minimum Gasteiger partial charge on any atom is -0.462 e. The van der Waals surface area contributed by atoms with Gasteiger partial charge in [0.05, 0.1) is 26.4 Å². The Morgan fingerprint density at radius 2 is 0.520 bits per heavy atom. The molecule has 0 aliphatic rings. The molecule has 0 aliphatic heterocycles. The van der Waals surface area contributed by atoms with Gasteiger partial charge in [-0.15, -0.1) is 0 Å². The van der Waals surface area contributed by atoms with Crippen LogP contribution in [-0.2, 0) is 65.4 Å². The van der Waals surface area contributed by atoms with Gasteiger partial charge in [-0.05, 0) is 43.4 Å². The lowest BCUT2D eigenvalue weighted by Crippen LogP contribution is -2.30. The van der Waals surface area contributed by atoms with Gasteiger partial charge in [0.2, 0.25) is 0 Å². The highest BCUT2D eigenvalue weighted by atomic mass is 31.2. The molecule has 582 valence electrons. The Kier molecular flexibility index (Phi) is 68.1. The van der Waals surface area contributed by atoms with Crippen LogP contribution in [0.2, 0.25) is 0 Å². The topological polar surface area (TPSA) is 237 Å². The van der Waals surface area contributed by atoms with E-state index < -0.39 is 97.5 Å². The van der Waals surface area contributed by atoms with Crippen LogP contribution in [0, 0.1) is 17.8 Å².